The summed E-state index contributed by atoms with van der Waals surface area (Å²) in [5.41, 5.74) is 1.22. The predicted molar refractivity (Wildman–Crippen MR) is 85.1 cm³/mol. The highest BCUT2D eigenvalue weighted by molar-refractivity contribution is 6.31. The van der Waals surface area contributed by atoms with Crippen molar-refractivity contribution in [2.45, 2.75) is 71.4 Å². The standard InChI is InChI=1S/C16H28ClN3/c1-3-10-18-15(13-8-6-5-7-9-13)16-14(17)12-19-20(16)11-4-2/h12-13,15,18H,3-11H2,1-2H3. The van der Waals surface area contributed by atoms with Gasteiger partial charge in [-0.15, -0.1) is 0 Å². The van der Waals surface area contributed by atoms with Gasteiger partial charge >= 0.3 is 0 Å². The smallest absolute Gasteiger partial charge is 0.0834 e. The fourth-order valence-corrected chi connectivity index (χ4v) is 3.58. The number of hydrogen-bond donors (Lipinski definition) is 1. The molecule has 1 heterocycles. The highest BCUT2D eigenvalue weighted by atomic mass is 35.5. The van der Waals surface area contributed by atoms with Crippen molar-refractivity contribution in [1.82, 2.24) is 15.1 Å². The predicted octanol–water partition coefficient (Wildman–Crippen LogP) is 4.57. The molecule has 3 nitrogen and oxygen atoms in total. The Morgan fingerprint density at radius 1 is 1.30 bits per heavy atom. The Morgan fingerprint density at radius 2 is 2.05 bits per heavy atom. The molecule has 1 atom stereocenters. The molecule has 0 radical (unpaired) electrons. The van der Waals surface area contributed by atoms with E-state index in [1.165, 1.54) is 37.8 Å². The van der Waals surface area contributed by atoms with Crippen LogP contribution in [0.1, 0.15) is 70.5 Å². The van der Waals surface area contributed by atoms with E-state index >= 15 is 0 Å². The van der Waals surface area contributed by atoms with Crippen molar-refractivity contribution in [3.8, 4) is 0 Å². The molecule has 4 heteroatoms. The molecule has 114 valence electrons. The minimum Gasteiger partial charge on any atom is -0.308 e. The molecule has 2 rings (SSSR count). The maximum Gasteiger partial charge on any atom is 0.0834 e. The van der Waals surface area contributed by atoms with Gasteiger partial charge in [0.1, 0.15) is 0 Å². The van der Waals surface area contributed by atoms with Gasteiger partial charge in [-0.25, -0.2) is 0 Å². The van der Waals surface area contributed by atoms with Gasteiger partial charge in [-0.3, -0.25) is 4.68 Å². The van der Waals surface area contributed by atoms with Gasteiger partial charge in [0.05, 0.1) is 23.0 Å². The van der Waals surface area contributed by atoms with Gasteiger partial charge in [-0.05, 0) is 38.1 Å². The van der Waals surface area contributed by atoms with E-state index in [9.17, 15) is 0 Å². The number of nitrogens with one attached hydrogen (secondary N) is 1. The fourth-order valence-electron chi connectivity index (χ4n) is 3.33. The number of rotatable bonds is 7. The molecular formula is C16H28ClN3. The molecule has 0 aliphatic heterocycles. The van der Waals surface area contributed by atoms with Crippen molar-refractivity contribution in [3.05, 3.63) is 16.9 Å². The van der Waals surface area contributed by atoms with E-state index in [2.05, 4.69) is 28.9 Å². The van der Waals surface area contributed by atoms with E-state index in [0.29, 0.717) is 12.0 Å². The van der Waals surface area contributed by atoms with Crippen LogP contribution in [-0.2, 0) is 6.54 Å². The largest absolute Gasteiger partial charge is 0.308 e. The van der Waals surface area contributed by atoms with E-state index in [0.717, 1.165) is 31.0 Å². The molecule has 0 aromatic carbocycles. The summed E-state index contributed by atoms with van der Waals surface area (Å²) in [6.45, 7) is 6.41. The van der Waals surface area contributed by atoms with Crippen LogP contribution < -0.4 is 5.32 Å². The van der Waals surface area contributed by atoms with E-state index in [-0.39, 0.29) is 0 Å². The zero-order chi connectivity index (χ0) is 14.4. The molecule has 0 bridgehead atoms. The van der Waals surface area contributed by atoms with Crippen LogP contribution in [0.15, 0.2) is 6.20 Å². The van der Waals surface area contributed by atoms with Crippen LogP contribution >= 0.6 is 11.6 Å². The summed E-state index contributed by atoms with van der Waals surface area (Å²) in [6, 6.07) is 0.372. The fraction of sp³-hybridized carbons (Fsp3) is 0.812. The van der Waals surface area contributed by atoms with E-state index in [1.807, 2.05) is 6.20 Å². The first-order chi connectivity index (χ1) is 9.77. The first-order valence-corrected chi connectivity index (χ1v) is 8.60. The van der Waals surface area contributed by atoms with Crippen molar-refractivity contribution in [2.24, 2.45) is 5.92 Å². The van der Waals surface area contributed by atoms with Crippen LogP contribution in [0.5, 0.6) is 0 Å². The molecule has 1 saturated carbocycles. The van der Waals surface area contributed by atoms with Crippen molar-refractivity contribution < 1.29 is 0 Å². The van der Waals surface area contributed by atoms with Crippen molar-refractivity contribution in [1.29, 1.82) is 0 Å². The molecule has 1 aromatic heterocycles. The average Bonchev–Trinajstić information content (AvgIpc) is 2.83. The van der Waals surface area contributed by atoms with Crippen molar-refractivity contribution in [2.75, 3.05) is 6.54 Å². The lowest BCUT2D eigenvalue weighted by Crippen LogP contribution is -2.32. The van der Waals surface area contributed by atoms with Crippen LogP contribution in [0.2, 0.25) is 5.02 Å². The van der Waals surface area contributed by atoms with Gasteiger partial charge < -0.3 is 5.32 Å². The molecule has 1 aromatic rings. The van der Waals surface area contributed by atoms with Crippen LogP contribution in [0.4, 0.5) is 0 Å². The highest BCUT2D eigenvalue weighted by Gasteiger charge is 2.29. The molecule has 0 amide bonds. The number of hydrogen-bond acceptors (Lipinski definition) is 2. The molecule has 1 aliphatic rings. The van der Waals surface area contributed by atoms with E-state index in [4.69, 9.17) is 11.6 Å². The number of nitrogens with zero attached hydrogens (tertiary/aromatic N) is 2. The minimum absolute atomic E-state index is 0.372. The third-order valence-corrected chi connectivity index (χ3v) is 4.59. The third-order valence-electron chi connectivity index (χ3n) is 4.30. The van der Waals surface area contributed by atoms with Gasteiger partial charge in [-0.2, -0.15) is 5.10 Å². The van der Waals surface area contributed by atoms with Crippen LogP contribution in [0, 0.1) is 5.92 Å². The van der Waals surface area contributed by atoms with Gasteiger partial charge in [0.2, 0.25) is 0 Å². The van der Waals surface area contributed by atoms with Crippen molar-refractivity contribution in [3.63, 3.8) is 0 Å². The summed E-state index contributed by atoms with van der Waals surface area (Å²) in [5.74, 6) is 0.708. The Morgan fingerprint density at radius 3 is 2.70 bits per heavy atom. The lowest BCUT2D eigenvalue weighted by Gasteiger charge is -2.32. The lowest BCUT2D eigenvalue weighted by atomic mass is 9.82. The van der Waals surface area contributed by atoms with Gasteiger partial charge in [-0.1, -0.05) is 44.7 Å². The van der Waals surface area contributed by atoms with Crippen molar-refractivity contribution >= 4 is 11.6 Å². The Kier molecular flexibility index (Phi) is 6.37. The lowest BCUT2D eigenvalue weighted by molar-refractivity contribution is 0.261. The Hall–Kier alpha value is -0.540. The van der Waals surface area contributed by atoms with Crippen LogP contribution in [0.25, 0.3) is 0 Å². The maximum absolute atomic E-state index is 6.45. The topological polar surface area (TPSA) is 29.9 Å². The molecule has 0 spiro atoms. The molecule has 1 aliphatic carbocycles. The highest BCUT2D eigenvalue weighted by Crippen LogP contribution is 2.37. The summed E-state index contributed by atoms with van der Waals surface area (Å²) >= 11 is 6.45. The molecule has 1 unspecified atom stereocenters. The normalized spacial score (nSPS) is 18.4. The molecule has 1 N–H and O–H groups in total. The number of aryl methyl sites for hydroxylation is 1. The van der Waals surface area contributed by atoms with Crippen LogP contribution in [-0.4, -0.2) is 16.3 Å². The second kappa shape index (κ2) is 8.04. The van der Waals surface area contributed by atoms with Gasteiger partial charge in [0.15, 0.2) is 0 Å². The molecule has 20 heavy (non-hydrogen) atoms. The Balaban J connectivity index is 2.22. The van der Waals surface area contributed by atoms with Gasteiger partial charge in [0.25, 0.3) is 0 Å². The van der Waals surface area contributed by atoms with Crippen LogP contribution in [0.3, 0.4) is 0 Å². The average molecular weight is 298 g/mol. The quantitative estimate of drug-likeness (QED) is 0.799. The first kappa shape index (κ1) is 15.8. The molecule has 0 saturated heterocycles. The van der Waals surface area contributed by atoms with E-state index < -0.39 is 0 Å². The summed E-state index contributed by atoms with van der Waals surface area (Å²) in [6.07, 6.45) is 10.8. The first-order valence-electron chi connectivity index (χ1n) is 8.22. The summed E-state index contributed by atoms with van der Waals surface area (Å²) in [7, 11) is 0. The minimum atomic E-state index is 0.372. The summed E-state index contributed by atoms with van der Waals surface area (Å²) in [4.78, 5) is 0. The summed E-state index contributed by atoms with van der Waals surface area (Å²) < 4.78 is 2.12. The van der Waals surface area contributed by atoms with E-state index in [1.54, 1.807) is 0 Å². The number of aromatic nitrogens is 2. The third kappa shape index (κ3) is 3.76. The monoisotopic (exact) mass is 297 g/mol. The second-order valence-electron chi connectivity index (χ2n) is 5.93. The number of halogens is 1. The zero-order valence-corrected chi connectivity index (χ0v) is 13.6. The second-order valence-corrected chi connectivity index (χ2v) is 6.34. The Bertz CT molecular complexity index is 396. The van der Waals surface area contributed by atoms with Gasteiger partial charge in [0, 0.05) is 6.54 Å². The zero-order valence-electron chi connectivity index (χ0n) is 12.9. The molecular weight excluding hydrogens is 270 g/mol. The maximum atomic E-state index is 6.45. The summed E-state index contributed by atoms with van der Waals surface area (Å²) in [5, 5.41) is 9.04. The molecule has 1 fully saturated rings. The SMILES string of the molecule is CCCNC(c1c(Cl)cnn1CCC)C1CCCCC1. The Labute approximate surface area is 128 Å².